The molecule has 0 unspecified atom stereocenters. The number of rotatable bonds is 7. The van der Waals surface area contributed by atoms with Gasteiger partial charge in [-0.3, -0.25) is 29.4 Å². The Bertz CT molecular complexity index is 1530. The maximum absolute atomic E-state index is 13.6. The van der Waals surface area contributed by atoms with Crippen LogP contribution in [0, 0.1) is 17.0 Å². The molecule has 8 nitrogen and oxygen atoms in total. The molecular weight excluding hydrogens is 470 g/mol. The highest BCUT2D eigenvalue weighted by Crippen LogP contribution is 2.31. The van der Waals surface area contributed by atoms with Crippen molar-refractivity contribution in [2.24, 2.45) is 0 Å². The summed E-state index contributed by atoms with van der Waals surface area (Å²) in [5.41, 5.74) is 2.06. The molecule has 3 amide bonds. The Morgan fingerprint density at radius 3 is 2.14 bits per heavy atom. The highest BCUT2D eigenvalue weighted by Gasteiger charge is 2.33. The summed E-state index contributed by atoms with van der Waals surface area (Å²) in [7, 11) is 0. The lowest BCUT2D eigenvalue weighted by molar-refractivity contribution is -0.385. The van der Waals surface area contributed by atoms with Gasteiger partial charge in [-0.1, -0.05) is 54.6 Å². The standard InChI is InChI=1S/C29H23N3O5/c1-19-9-2-4-15-24(19)30(27(33)21-12-3-5-16-25(21)32(36)37)17-8-18-31-28(34)22-13-6-10-20-11-7-14-23(26(20)22)29(31)35/h2-7,9-16H,8,17-18H2,1H3. The number of imide groups is 1. The minimum absolute atomic E-state index is 0.0264. The molecule has 4 aromatic carbocycles. The summed E-state index contributed by atoms with van der Waals surface area (Å²) >= 11 is 0. The third-order valence-electron chi connectivity index (χ3n) is 6.60. The van der Waals surface area contributed by atoms with Crippen LogP contribution in [0.4, 0.5) is 11.4 Å². The van der Waals surface area contributed by atoms with E-state index in [-0.39, 0.29) is 42.6 Å². The average Bonchev–Trinajstić information content (AvgIpc) is 2.91. The van der Waals surface area contributed by atoms with Gasteiger partial charge in [0.15, 0.2) is 0 Å². The summed E-state index contributed by atoms with van der Waals surface area (Å²) in [6.07, 6.45) is 0.288. The molecule has 0 fully saturated rings. The van der Waals surface area contributed by atoms with Crippen LogP contribution in [-0.4, -0.2) is 40.6 Å². The Balaban J connectivity index is 1.43. The van der Waals surface area contributed by atoms with E-state index in [0.29, 0.717) is 22.2 Å². The van der Waals surface area contributed by atoms with E-state index in [4.69, 9.17) is 0 Å². The summed E-state index contributed by atoms with van der Waals surface area (Å²) in [6.45, 7) is 2.10. The molecule has 0 atom stereocenters. The van der Waals surface area contributed by atoms with Crippen LogP contribution >= 0.6 is 0 Å². The first-order chi connectivity index (χ1) is 17.9. The summed E-state index contributed by atoms with van der Waals surface area (Å²) in [5, 5.41) is 13.1. The molecule has 5 rings (SSSR count). The van der Waals surface area contributed by atoms with Gasteiger partial charge in [0.1, 0.15) is 5.56 Å². The summed E-state index contributed by atoms with van der Waals surface area (Å²) in [6, 6.07) is 23.8. The predicted molar refractivity (Wildman–Crippen MR) is 140 cm³/mol. The Morgan fingerprint density at radius 1 is 0.865 bits per heavy atom. The van der Waals surface area contributed by atoms with Gasteiger partial charge < -0.3 is 4.90 Å². The molecule has 0 saturated carbocycles. The lowest BCUT2D eigenvalue weighted by atomic mass is 9.94. The van der Waals surface area contributed by atoms with Gasteiger partial charge in [-0.25, -0.2) is 0 Å². The average molecular weight is 494 g/mol. The first kappa shape index (κ1) is 23.9. The maximum Gasteiger partial charge on any atom is 0.282 e. The van der Waals surface area contributed by atoms with Gasteiger partial charge in [0.25, 0.3) is 23.4 Å². The highest BCUT2D eigenvalue weighted by molar-refractivity contribution is 6.25. The van der Waals surface area contributed by atoms with Gasteiger partial charge >= 0.3 is 0 Å². The molecule has 4 aromatic rings. The Morgan fingerprint density at radius 2 is 1.49 bits per heavy atom. The Hall–Kier alpha value is -4.85. The third-order valence-corrected chi connectivity index (χ3v) is 6.60. The van der Waals surface area contributed by atoms with Crippen LogP contribution in [0.5, 0.6) is 0 Å². The van der Waals surface area contributed by atoms with Crippen molar-refractivity contribution in [2.45, 2.75) is 13.3 Å². The van der Waals surface area contributed by atoms with Crippen LogP contribution in [0.2, 0.25) is 0 Å². The number of hydrogen-bond donors (Lipinski definition) is 0. The molecule has 184 valence electrons. The summed E-state index contributed by atoms with van der Waals surface area (Å²) in [4.78, 5) is 53.8. The minimum Gasteiger partial charge on any atom is -0.308 e. The lowest BCUT2D eigenvalue weighted by Gasteiger charge is -2.29. The van der Waals surface area contributed by atoms with Crippen LogP contribution < -0.4 is 4.90 Å². The Labute approximate surface area is 212 Å². The van der Waals surface area contributed by atoms with Crippen molar-refractivity contribution in [2.75, 3.05) is 18.0 Å². The van der Waals surface area contributed by atoms with Crippen molar-refractivity contribution < 1.29 is 19.3 Å². The fourth-order valence-electron chi connectivity index (χ4n) is 4.83. The molecule has 1 aliphatic heterocycles. The van der Waals surface area contributed by atoms with Crippen molar-refractivity contribution in [1.29, 1.82) is 0 Å². The van der Waals surface area contributed by atoms with E-state index in [1.165, 1.54) is 28.0 Å². The van der Waals surface area contributed by atoms with E-state index in [2.05, 4.69) is 0 Å². The molecule has 8 heteroatoms. The lowest BCUT2D eigenvalue weighted by Crippen LogP contribution is -2.42. The van der Waals surface area contributed by atoms with E-state index < -0.39 is 10.8 Å². The van der Waals surface area contributed by atoms with Crippen LogP contribution in [0.1, 0.15) is 43.1 Å². The van der Waals surface area contributed by atoms with E-state index >= 15 is 0 Å². The van der Waals surface area contributed by atoms with Crippen molar-refractivity contribution in [3.05, 3.63) is 117 Å². The second-order valence-electron chi connectivity index (χ2n) is 8.84. The van der Waals surface area contributed by atoms with E-state index in [1.807, 2.05) is 31.2 Å². The van der Waals surface area contributed by atoms with Crippen LogP contribution in [0.3, 0.4) is 0 Å². The van der Waals surface area contributed by atoms with Crippen LogP contribution in [0.15, 0.2) is 84.9 Å². The number of para-hydroxylation sites is 2. The number of anilines is 1. The first-order valence-corrected chi connectivity index (χ1v) is 11.9. The fraction of sp³-hybridized carbons (Fsp3) is 0.138. The molecule has 0 aromatic heterocycles. The number of hydrogen-bond acceptors (Lipinski definition) is 5. The quantitative estimate of drug-likeness (QED) is 0.195. The Kier molecular flexibility index (Phi) is 6.23. The van der Waals surface area contributed by atoms with Gasteiger partial charge in [0.2, 0.25) is 0 Å². The summed E-state index contributed by atoms with van der Waals surface area (Å²) < 4.78 is 0. The summed E-state index contributed by atoms with van der Waals surface area (Å²) in [5.74, 6) is -1.27. The molecular formula is C29H23N3O5. The van der Waals surface area contributed by atoms with Gasteiger partial charge in [-0.15, -0.1) is 0 Å². The van der Waals surface area contributed by atoms with Crippen molar-refractivity contribution in [1.82, 2.24) is 4.90 Å². The van der Waals surface area contributed by atoms with E-state index in [0.717, 1.165) is 10.9 Å². The zero-order valence-corrected chi connectivity index (χ0v) is 20.1. The van der Waals surface area contributed by atoms with Gasteiger partial charge in [-0.2, -0.15) is 0 Å². The number of amides is 3. The molecule has 0 spiro atoms. The smallest absolute Gasteiger partial charge is 0.282 e. The van der Waals surface area contributed by atoms with Gasteiger partial charge in [0.05, 0.1) is 4.92 Å². The number of nitro groups is 1. The fourth-order valence-corrected chi connectivity index (χ4v) is 4.83. The molecule has 37 heavy (non-hydrogen) atoms. The molecule has 0 aliphatic carbocycles. The van der Waals surface area contributed by atoms with Crippen LogP contribution in [-0.2, 0) is 0 Å². The largest absolute Gasteiger partial charge is 0.308 e. The predicted octanol–water partition coefficient (Wildman–Crippen LogP) is 5.39. The molecule has 0 radical (unpaired) electrons. The van der Waals surface area contributed by atoms with Crippen LogP contribution in [0.25, 0.3) is 10.8 Å². The normalized spacial score (nSPS) is 12.6. The second-order valence-corrected chi connectivity index (χ2v) is 8.84. The number of nitrogens with zero attached hydrogens (tertiary/aromatic N) is 3. The monoisotopic (exact) mass is 493 g/mol. The first-order valence-electron chi connectivity index (χ1n) is 11.9. The molecule has 1 aliphatic rings. The molecule has 1 heterocycles. The molecule has 0 saturated heterocycles. The zero-order chi connectivity index (χ0) is 26.1. The SMILES string of the molecule is Cc1ccccc1N(CCCN1C(=O)c2cccc3cccc(c23)C1=O)C(=O)c1ccccc1[N+](=O)[O-]. The van der Waals surface area contributed by atoms with E-state index in [9.17, 15) is 24.5 Å². The highest BCUT2D eigenvalue weighted by atomic mass is 16.6. The molecule has 0 bridgehead atoms. The third kappa shape index (κ3) is 4.23. The number of nitro benzene ring substituents is 1. The number of carbonyl (C=O) groups is 3. The minimum atomic E-state index is -0.577. The maximum atomic E-state index is 13.6. The van der Waals surface area contributed by atoms with Crippen molar-refractivity contribution >= 4 is 39.9 Å². The topological polar surface area (TPSA) is 101 Å². The second kappa shape index (κ2) is 9.66. The van der Waals surface area contributed by atoms with Crippen molar-refractivity contribution in [3.63, 3.8) is 0 Å². The van der Waals surface area contributed by atoms with E-state index in [1.54, 1.807) is 42.5 Å². The van der Waals surface area contributed by atoms with Gasteiger partial charge in [0, 0.05) is 41.4 Å². The number of benzene rings is 4. The van der Waals surface area contributed by atoms with Crippen molar-refractivity contribution in [3.8, 4) is 0 Å². The van der Waals surface area contributed by atoms with Gasteiger partial charge in [-0.05, 0) is 48.6 Å². The zero-order valence-electron chi connectivity index (χ0n) is 20.1. The number of carbonyl (C=O) groups excluding carboxylic acids is 3. The number of aryl methyl sites for hydroxylation is 1. The molecule has 0 N–H and O–H groups in total.